The van der Waals surface area contributed by atoms with E-state index in [1.54, 1.807) is 30.6 Å². The van der Waals surface area contributed by atoms with Gasteiger partial charge in [0.1, 0.15) is 6.54 Å². The second-order valence-corrected chi connectivity index (χ2v) is 5.95. The van der Waals surface area contributed by atoms with Crippen molar-refractivity contribution < 1.29 is 14.5 Å². The van der Waals surface area contributed by atoms with Gasteiger partial charge in [0.05, 0.1) is 11.1 Å². The molecule has 21 heavy (non-hydrogen) atoms. The van der Waals surface area contributed by atoms with Crippen LogP contribution < -0.4 is 10.1 Å². The van der Waals surface area contributed by atoms with Gasteiger partial charge in [0.25, 0.3) is 5.65 Å². The summed E-state index contributed by atoms with van der Waals surface area (Å²) >= 11 is 7.06. The van der Waals surface area contributed by atoms with Gasteiger partial charge in [-0.3, -0.25) is 4.79 Å². The second kappa shape index (κ2) is 5.27. The van der Waals surface area contributed by atoms with Crippen molar-refractivity contribution in [1.29, 1.82) is 0 Å². The Morgan fingerprint density at radius 3 is 2.95 bits per heavy atom. The fourth-order valence-electron chi connectivity index (χ4n) is 2.08. The Morgan fingerprint density at radius 1 is 1.48 bits per heavy atom. The van der Waals surface area contributed by atoms with Crippen LogP contribution in [0.15, 0.2) is 35.4 Å². The van der Waals surface area contributed by atoms with Gasteiger partial charge >= 0.3 is 11.4 Å². The lowest BCUT2D eigenvalue weighted by atomic mass is 10.3. The van der Waals surface area contributed by atoms with Crippen LogP contribution in [0.1, 0.15) is 15.2 Å². The molecule has 0 unspecified atom stereocenters. The molecule has 3 rings (SSSR count). The van der Waals surface area contributed by atoms with Gasteiger partial charge in [0.15, 0.2) is 16.3 Å². The van der Waals surface area contributed by atoms with Crippen LogP contribution in [0, 0.1) is 0 Å². The quantitative estimate of drug-likeness (QED) is 0.582. The zero-order chi connectivity index (χ0) is 15.0. The number of rotatable bonds is 3. The van der Waals surface area contributed by atoms with Crippen molar-refractivity contribution in [1.82, 2.24) is 9.38 Å². The van der Waals surface area contributed by atoms with Gasteiger partial charge in [-0.05, 0) is 6.07 Å². The van der Waals surface area contributed by atoms with Crippen molar-refractivity contribution in [2.45, 2.75) is 6.54 Å². The number of thiazole rings is 1. The molecule has 0 saturated heterocycles. The molecule has 0 amide bonds. The summed E-state index contributed by atoms with van der Waals surface area (Å²) in [6, 6.07) is 5.09. The number of hydrogen-bond donors (Lipinski definition) is 1. The molecule has 0 aliphatic heterocycles. The van der Waals surface area contributed by atoms with Crippen LogP contribution in [-0.2, 0) is 6.54 Å². The highest BCUT2D eigenvalue weighted by molar-refractivity contribution is 7.15. The number of aromatic nitrogens is 3. The maximum Gasteiger partial charge on any atom is 0.357 e. The minimum absolute atomic E-state index is 0.255. The first-order chi connectivity index (χ1) is 10.1. The highest BCUT2D eigenvalue weighted by atomic mass is 35.5. The summed E-state index contributed by atoms with van der Waals surface area (Å²) in [4.78, 5) is 27.9. The Balaban J connectivity index is 2.30. The molecular weight excluding hydrogens is 314 g/mol. The number of halogens is 1. The molecule has 0 radical (unpaired) electrons. The maximum atomic E-state index is 12.1. The van der Waals surface area contributed by atoms with Gasteiger partial charge in [-0.2, -0.15) is 8.97 Å². The van der Waals surface area contributed by atoms with Gasteiger partial charge in [0.2, 0.25) is 0 Å². The van der Waals surface area contributed by atoms with Gasteiger partial charge in [-0.15, -0.1) is 11.3 Å². The predicted molar refractivity (Wildman–Crippen MR) is 77.1 cm³/mol. The lowest BCUT2D eigenvalue weighted by Crippen LogP contribution is -2.41. The fourth-order valence-corrected chi connectivity index (χ4v) is 3.04. The minimum atomic E-state index is -0.559. The van der Waals surface area contributed by atoms with Crippen LogP contribution in [0.25, 0.3) is 5.65 Å². The van der Waals surface area contributed by atoms with Crippen molar-refractivity contribution in [3.05, 3.63) is 55.9 Å². The SMILES string of the molecule is O=Cc1c(O)[n+](Cc2cnc(Cl)s2)c2ccccn2c1=O. The molecule has 3 aromatic rings. The summed E-state index contributed by atoms with van der Waals surface area (Å²) in [7, 11) is 0. The van der Waals surface area contributed by atoms with E-state index in [1.807, 2.05) is 0 Å². The molecule has 0 bridgehead atoms. The number of aromatic hydroxyl groups is 1. The Labute approximate surface area is 127 Å². The summed E-state index contributed by atoms with van der Waals surface area (Å²) in [5.41, 5.74) is -0.374. The Morgan fingerprint density at radius 2 is 2.29 bits per heavy atom. The maximum absolute atomic E-state index is 12.1. The zero-order valence-electron chi connectivity index (χ0n) is 10.6. The first kappa shape index (κ1) is 13.7. The molecule has 0 aliphatic carbocycles. The number of fused-ring (bicyclic) bond motifs is 1. The van der Waals surface area contributed by atoms with Crippen LogP contribution >= 0.6 is 22.9 Å². The first-order valence-electron chi connectivity index (χ1n) is 5.93. The monoisotopic (exact) mass is 322 g/mol. The average Bonchev–Trinajstić information content (AvgIpc) is 2.89. The average molecular weight is 323 g/mol. The van der Waals surface area contributed by atoms with Crippen molar-refractivity contribution in [3.63, 3.8) is 0 Å². The number of pyridine rings is 1. The highest BCUT2D eigenvalue weighted by Gasteiger charge is 2.23. The molecule has 8 heteroatoms. The summed E-state index contributed by atoms with van der Waals surface area (Å²) in [5, 5.41) is 10.2. The highest BCUT2D eigenvalue weighted by Crippen LogP contribution is 2.18. The largest absolute Gasteiger partial charge is 0.477 e. The fraction of sp³-hybridized carbons (Fsp3) is 0.0769. The Kier molecular flexibility index (Phi) is 3.44. The van der Waals surface area contributed by atoms with Crippen LogP contribution in [0.3, 0.4) is 0 Å². The third-order valence-electron chi connectivity index (χ3n) is 3.02. The molecule has 0 spiro atoms. The van der Waals surface area contributed by atoms with Gasteiger partial charge in [-0.1, -0.05) is 17.7 Å². The van der Waals surface area contributed by atoms with E-state index in [0.717, 1.165) is 4.88 Å². The first-order valence-corrected chi connectivity index (χ1v) is 7.13. The summed E-state index contributed by atoms with van der Waals surface area (Å²) < 4.78 is 3.17. The van der Waals surface area contributed by atoms with E-state index in [1.165, 1.54) is 20.3 Å². The molecule has 0 aromatic carbocycles. The van der Waals surface area contributed by atoms with E-state index in [2.05, 4.69) is 4.98 Å². The molecule has 6 nitrogen and oxygen atoms in total. The second-order valence-electron chi connectivity index (χ2n) is 4.25. The van der Waals surface area contributed by atoms with Crippen LogP contribution in [0.4, 0.5) is 0 Å². The van der Waals surface area contributed by atoms with E-state index >= 15 is 0 Å². The molecule has 0 aliphatic rings. The lowest BCUT2D eigenvalue weighted by molar-refractivity contribution is -0.671. The van der Waals surface area contributed by atoms with Crippen molar-refractivity contribution >= 4 is 34.9 Å². The van der Waals surface area contributed by atoms with Gasteiger partial charge < -0.3 is 5.11 Å². The Hall–Kier alpha value is -2.25. The molecule has 0 atom stereocenters. The summed E-state index contributed by atoms with van der Waals surface area (Å²) in [6.45, 7) is 0.255. The van der Waals surface area contributed by atoms with Gasteiger partial charge in [-0.25, -0.2) is 9.78 Å². The van der Waals surface area contributed by atoms with Crippen LogP contribution in [0.5, 0.6) is 5.88 Å². The standard InChI is InChI=1S/C13H8ClN3O3S/c14-13-15-5-8(21-13)6-17-10-3-1-2-4-16(10)11(19)9(7-18)12(17)20/h1-5,7H,6H2/p+1. The molecule has 106 valence electrons. The van der Waals surface area contributed by atoms with Crippen LogP contribution in [-0.4, -0.2) is 20.8 Å². The summed E-state index contributed by atoms with van der Waals surface area (Å²) in [6.07, 6.45) is 3.48. The van der Waals surface area contributed by atoms with E-state index < -0.39 is 5.56 Å². The normalized spacial score (nSPS) is 10.9. The number of aldehydes is 1. The van der Waals surface area contributed by atoms with E-state index in [0.29, 0.717) is 16.4 Å². The molecule has 3 heterocycles. The van der Waals surface area contributed by atoms with E-state index in [-0.39, 0.29) is 18.0 Å². The number of hydrogen-bond acceptors (Lipinski definition) is 5. The number of carbonyl (C=O) groups is 1. The predicted octanol–water partition coefficient (Wildman–Crippen LogP) is 1.26. The van der Waals surface area contributed by atoms with Crippen molar-refractivity contribution in [2.75, 3.05) is 0 Å². The van der Waals surface area contributed by atoms with Crippen molar-refractivity contribution in [2.24, 2.45) is 0 Å². The zero-order valence-corrected chi connectivity index (χ0v) is 12.1. The number of carbonyl (C=O) groups excluding carboxylic acids is 1. The molecule has 1 N–H and O–H groups in total. The summed E-state index contributed by atoms with van der Waals surface area (Å²) in [5.74, 6) is -0.370. The topological polar surface area (TPSA) is 75.6 Å². The smallest absolute Gasteiger partial charge is 0.357 e. The minimum Gasteiger partial charge on any atom is -0.477 e. The molecular formula is C13H9ClN3O3S+. The van der Waals surface area contributed by atoms with Crippen LogP contribution in [0.2, 0.25) is 4.47 Å². The van der Waals surface area contributed by atoms with Crippen molar-refractivity contribution in [3.8, 4) is 5.88 Å². The Bertz CT molecular complexity index is 903. The van der Waals surface area contributed by atoms with E-state index in [4.69, 9.17) is 11.6 Å². The third-order valence-corrected chi connectivity index (χ3v) is 4.12. The third kappa shape index (κ3) is 2.30. The molecule has 3 aromatic heterocycles. The lowest BCUT2D eigenvalue weighted by Gasteiger charge is -2.06. The molecule has 0 saturated carbocycles. The number of nitrogens with zero attached hydrogens (tertiary/aromatic N) is 3. The van der Waals surface area contributed by atoms with Gasteiger partial charge in [0, 0.05) is 12.3 Å². The molecule has 0 fully saturated rings. The van der Waals surface area contributed by atoms with E-state index in [9.17, 15) is 14.7 Å².